The molecule has 0 fully saturated rings. The van der Waals surface area contributed by atoms with Crippen molar-refractivity contribution in [3.63, 3.8) is 0 Å². The van der Waals surface area contributed by atoms with Gasteiger partial charge < -0.3 is 15.1 Å². The minimum atomic E-state index is -0.268. The van der Waals surface area contributed by atoms with Crippen molar-refractivity contribution in [1.82, 2.24) is 10.6 Å². The van der Waals surface area contributed by atoms with Gasteiger partial charge in [-0.25, -0.2) is 4.99 Å². The number of rotatable bonds is 5. The van der Waals surface area contributed by atoms with Crippen molar-refractivity contribution in [2.75, 3.05) is 9.80 Å². The van der Waals surface area contributed by atoms with Crippen LogP contribution in [0.15, 0.2) is 229 Å². The summed E-state index contributed by atoms with van der Waals surface area (Å²) in [6.45, 7) is 0. The molecule has 0 aromatic heterocycles. The lowest BCUT2D eigenvalue weighted by atomic mass is 9.74. The van der Waals surface area contributed by atoms with Crippen LogP contribution in [0.25, 0.3) is 33.2 Å². The number of anilines is 3. The molecule has 0 radical (unpaired) electrons. The van der Waals surface area contributed by atoms with Gasteiger partial charge in [-0.15, -0.1) is 0 Å². The highest BCUT2D eigenvalue weighted by Crippen LogP contribution is 2.58. The Hall–Kier alpha value is -7.99. The van der Waals surface area contributed by atoms with Crippen LogP contribution in [0.2, 0.25) is 0 Å². The summed E-state index contributed by atoms with van der Waals surface area (Å²) in [6, 6.07) is 66.1. The van der Waals surface area contributed by atoms with Crippen LogP contribution in [0, 0.1) is 5.92 Å². The predicted octanol–water partition coefficient (Wildman–Crippen LogP) is 14.2. The Balaban J connectivity index is 0.871. The van der Waals surface area contributed by atoms with Crippen molar-refractivity contribution in [1.29, 1.82) is 0 Å². The van der Waals surface area contributed by atoms with Gasteiger partial charge in [-0.3, -0.25) is 5.32 Å². The van der Waals surface area contributed by atoms with Crippen LogP contribution >= 0.6 is 0 Å². The maximum absolute atomic E-state index is 5.67. The zero-order chi connectivity index (χ0) is 45.9. The predicted molar refractivity (Wildman–Crippen MR) is 289 cm³/mol. The molecule has 0 saturated heterocycles. The fourth-order valence-electron chi connectivity index (χ4n) is 13.5. The van der Waals surface area contributed by atoms with Crippen LogP contribution in [0.4, 0.5) is 17.1 Å². The molecule has 0 saturated carbocycles. The Labute approximate surface area is 409 Å². The van der Waals surface area contributed by atoms with Crippen LogP contribution in [0.1, 0.15) is 81.3 Å². The van der Waals surface area contributed by atoms with Crippen LogP contribution in [-0.2, 0) is 0 Å². The van der Waals surface area contributed by atoms with Gasteiger partial charge in [0.2, 0.25) is 0 Å². The molecule has 3 heterocycles. The molecule has 70 heavy (non-hydrogen) atoms. The molecule has 0 bridgehead atoms. The Bertz CT molecular complexity index is 3650. The van der Waals surface area contributed by atoms with E-state index in [2.05, 4.69) is 245 Å². The number of hydrogen-bond acceptors (Lipinski definition) is 5. The highest BCUT2D eigenvalue weighted by Gasteiger charge is 2.49. The topological polar surface area (TPSA) is 42.9 Å². The first-order chi connectivity index (χ1) is 34.7. The molecule has 5 nitrogen and oxygen atoms in total. The number of allylic oxidation sites excluding steroid dienone is 6. The molecule has 7 aliphatic rings. The fraction of sp³-hybridized carbons (Fsp3) is 0.154. The number of nitrogens with zero attached hydrogens (tertiary/aromatic N) is 3. The summed E-state index contributed by atoms with van der Waals surface area (Å²) in [4.78, 5) is 11.1. The molecule has 4 aliphatic carbocycles. The van der Waals surface area contributed by atoms with Crippen molar-refractivity contribution >= 4 is 56.1 Å². The molecule has 3 aliphatic heterocycles. The molecule has 336 valence electrons. The van der Waals surface area contributed by atoms with Crippen LogP contribution in [0.5, 0.6) is 0 Å². The number of nitrogens with one attached hydrogen (secondary N) is 2. The third kappa shape index (κ3) is 6.04. The number of para-hydroxylation sites is 1. The van der Waals surface area contributed by atoms with Crippen LogP contribution < -0.4 is 20.4 Å². The summed E-state index contributed by atoms with van der Waals surface area (Å²) < 4.78 is 0. The fourth-order valence-corrected chi connectivity index (χ4v) is 13.5. The average molecular weight is 902 g/mol. The summed E-state index contributed by atoms with van der Waals surface area (Å²) in [6.07, 6.45) is 20.6. The molecular weight excluding hydrogens is 851 g/mol. The third-order valence-electron chi connectivity index (χ3n) is 16.5. The third-order valence-corrected chi connectivity index (χ3v) is 16.5. The standard InChI is InChI=1S/C65H51N5/c1-2-18-41(19-3-1)63-66-64(68-65(67-63)53-38-44-22-7-8-23-45(44)47-25-10-11-26-48(47)53)51-34-36-56(50-28-13-12-27-49(50)51)70-58-32-16-31-57(62(58)54-37-42-20-4-5-21-43(42)39-60(54)70)69-55-30-15-14-29-52(55)61-46-24-9-6-17-40(46)33-35-59(61)69/h1-15,17-31,33-39,44-45,58-59,61-63,65,67H,16,32H2,(H,66,68). The van der Waals surface area contributed by atoms with Gasteiger partial charge in [0, 0.05) is 63.4 Å². The quantitative estimate of drug-likeness (QED) is 0.181. The van der Waals surface area contributed by atoms with E-state index in [1.165, 1.54) is 88.8 Å². The number of benzene rings is 8. The van der Waals surface area contributed by atoms with Gasteiger partial charge in [0.1, 0.15) is 18.2 Å². The van der Waals surface area contributed by atoms with Crippen LogP contribution in [-0.4, -0.2) is 24.1 Å². The van der Waals surface area contributed by atoms with Crippen molar-refractivity contribution in [3.8, 4) is 0 Å². The molecule has 8 aromatic rings. The Kier molecular flexibility index (Phi) is 9.00. The molecule has 8 atom stereocenters. The van der Waals surface area contributed by atoms with Gasteiger partial charge in [0.15, 0.2) is 0 Å². The Morgan fingerprint density at radius 3 is 2.19 bits per heavy atom. The molecule has 8 unspecified atom stereocenters. The van der Waals surface area contributed by atoms with Gasteiger partial charge >= 0.3 is 0 Å². The van der Waals surface area contributed by atoms with Crippen molar-refractivity contribution < 1.29 is 0 Å². The first-order valence-corrected chi connectivity index (χ1v) is 25.2. The Morgan fingerprint density at radius 1 is 0.543 bits per heavy atom. The van der Waals surface area contributed by atoms with E-state index in [1.807, 2.05) is 0 Å². The monoisotopic (exact) mass is 901 g/mol. The maximum Gasteiger partial charge on any atom is 0.132 e. The summed E-state index contributed by atoms with van der Waals surface area (Å²) >= 11 is 0. The maximum atomic E-state index is 5.67. The smallest absolute Gasteiger partial charge is 0.132 e. The second kappa shape index (κ2) is 15.8. The van der Waals surface area contributed by atoms with Gasteiger partial charge in [-0.2, -0.15) is 0 Å². The lowest BCUT2D eigenvalue weighted by molar-refractivity contribution is 0.447. The van der Waals surface area contributed by atoms with E-state index in [4.69, 9.17) is 4.99 Å². The van der Waals surface area contributed by atoms with E-state index >= 15 is 0 Å². The van der Waals surface area contributed by atoms with Crippen molar-refractivity contribution in [2.45, 2.75) is 55.0 Å². The first kappa shape index (κ1) is 40.0. The lowest BCUT2D eigenvalue weighted by Gasteiger charge is -2.41. The molecular formula is C65H51N5. The van der Waals surface area contributed by atoms with E-state index in [9.17, 15) is 0 Å². The van der Waals surface area contributed by atoms with Crippen LogP contribution in [0.3, 0.4) is 0 Å². The highest BCUT2D eigenvalue weighted by atomic mass is 15.3. The second-order valence-corrected chi connectivity index (χ2v) is 20.1. The number of hydrogen-bond donors (Lipinski definition) is 2. The largest absolute Gasteiger partial charge is 0.350 e. The zero-order valence-electron chi connectivity index (χ0n) is 38.7. The molecule has 0 amide bonds. The summed E-state index contributed by atoms with van der Waals surface area (Å²) in [7, 11) is 0. The van der Waals surface area contributed by atoms with E-state index in [1.54, 1.807) is 0 Å². The number of amidine groups is 1. The summed E-state index contributed by atoms with van der Waals surface area (Å²) in [5.74, 6) is 1.95. The molecule has 15 rings (SSSR count). The molecule has 0 spiro atoms. The Morgan fingerprint density at radius 2 is 1.29 bits per heavy atom. The van der Waals surface area contributed by atoms with Gasteiger partial charge in [-0.05, 0) is 104 Å². The van der Waals surface area contributed by atoms with Gasteiger partial charge in [0.05, 0.1) is 6.04 Å². The average Bonchev–Trinajstić information content (AvgIpc) is 3.94. The van der Waals surface area contributed by atoms with E-state index in [0.717, 1.165) is 24.2 Å². The minimum Gasteiger partial charge on any atom is -0.350 e. The van der Waals surface area contributed by atoms with Crippen molar-refractivity contribution in [2.24, 2.45) is 10.9 Å². The lowest BCUT2D eigenvalue weighted by Crippen LogP contribution is -2.49. The molecule has 2 N–H and O–H groups in total. The van der Waals surface area contributed by atoms with E-state index < -0.39 is 0 Å². The second-order valence-electron chi connectivity index (χ2n) is 20.1. The summed E-state index contributed by atoms with van der Waals surface area (Å²) in [5.41, 5.74) is 17.0. The SMILES string of the molecule is C1=CC2C=C(C3N=C(c4ccc(N5c6cc7ccccc7cc6C6C(N7c8ccccc8C8c9ccccc9C=CC87)=CCCC65)c5ccccc45)NC(c4ccccc4)N3)c3ccccc3C2C=C1. The van der Waals surface area contributed by atoms with Gasteiger partial charge in [-0.1, -0.05) is 194 Å². The summed E-state index contributed by atoms with van der Waals surface area (Å²) in [5, 5.41) is 12.9. The molecule has 8 aromatic carbocycles. The highest BCUT2D eigenvalue weighted by molar-refractivity contribution is 6.14. The van der Waals surface area contributed by atoms with E-state index in [0.29, 0.717) is 5.92 Å². The van der Waals surface area contributed by atoms with Crippen molar-refractivity contribution in [3.05, 3.63) is 269 Å². The molecule has 5 heteroatoms. The number of aliphatic imine (C=N–C) groups is 1. The minimum absolute atomic E-state index is 0.153. The number of fused-ring (bicyclic) bond motifs is 13. The first-order valence-electron chi connectivity index (χ1n) is 25.2. The van der Waals surface area contributed by atoms with E-state index in [-0.39, 0.29) is 42.2 Å². The van der Waals surface area contributed by atoms with Gasteiger partial charge in [0.25, 0.3) is 0 Å². The zero-order valence-corrected chi connectivity index (χ0v) is 38.7. The normalized spacial score (nSPS) is 25.4.